The molecule has 0 saturated carbocycles. The van der Waals surface area contributed by atoms with Gasteiger partial charge in [-0.3, -0.25) is 10.3 Å². The predicted molar refractivity (Wildman–Crippen MR) is 85.7 cm³/mol. The minimum absolute atomic E-state index is 0.521. The van der Waals surface area contributed by atoms with Crippen LogP contribution in [0.25, 0.3) is 0 Å². The zero-order chi connectivity index (χ0) is 13.8. The van der Waals surface area contributed by atoms with Crippen molar-refractivity contribution in [2.75, 3.05) is 11.2 Å². The van der Waals surface area contributed by atoms with Gasteiger partial charge in [-0.15, -0.1) is 0 Å². The lowest BCUT2D eigenvalue weighted by molar-refractivity contribution is 1.31. The van der Waals surface area contributed by atoms with Gasteiger partial charge in [0.15, 0.2) is 5.17 Å². The van der Waals surface area contributed by atoms with Crippen molar-refractivity contribution in [2.24, 2.45) is 0 Å². The van der Waals surface area contributed by atoms with E-state index in [2.05, 4.69) is 62.4 Å². The largest absolute Gasteiger partial charge is 0.290 e. The zero-order valence-corrected chi connectivity index (χ0v) is 12.3. The highest BCUT2D eigenvalue weighted by Crippen LogP contribution is 2.28. The van der Waals surface area contributed by atoms with E-state index >= 15 is 0 Å². The average Bonchev–Trinajstić information content (AvgIpc) is 2.43. The number of amidine groups is 1. The summed E-state index contributed by atoms with van der Waals surface area (Å²) in [5.41, 5.74) is 4.49. The van der Waals surface area contributed by atoms with E-state index in [1.807, 2.05) is 11.2 Å². The molecule has 0 atom stereocenters. The van der Waals surface area contributed by atoms with Crippen LogP contribution in [0, 0.1) is 19.3 Å². The van der Waals surface area contributed by atoms with Crippen LogP contribution >= 0.6 is 11.8 Å². The fourth-order valence-electron chi connectivity index (χ4n) is 1.86. The molecule has 0 aliphatic carbocycles. The van der Waals surface area contributed by atoms with Gasteiger partial charge in [0, 0.05) is 11.4 Å². The summed E-state index contributed by atoms with van der Waals surface area (Å²) in [6.07, 6.45) is 1.93. The van der Waals surface area contributed by atoms with Gasteiger partial charge >= 0.3 is 0 Å². The first-order chi connectivity index (χ1) is 9.11. The Morgan fingerprint density at radius 3 is 1.53 bits per heavy atom. The lowest BCUT2D eigenvalue weighted by Crippen LogP contribution is -2.21. The van der Waals surface area contributed by atoms with Crippen molar-refractivity contribution in [1.29, 1.82) is 5.41 Å². The summed E-state index contributed by atoms with van der Waals surface area (Å²) in [6, 6.07) is 16.5. The van der Waals surface area contributed by atoms with E-state index in [9.17, 15) is 0 Å². The highest BCUT2D eigenvalue weighted by Gasteiger charge is 2.13. The fourth-order valence-corrected chi connectivity index (χ4v) is 2.26. The van der Waals surface area contributed by atoms with Crippen LogP contribution in [0.1, 0.15) is 11.1 Å². The van der Waals surface area contributed by atoms with Gasteiger partial charge in [0.05, 0.1) is 0 Å². The van der Waals surface area contributed by atoms with Gasteiger partial charge in [-0.05, 0) is 44.4 Å². The lowest BCUT2D eigenvalue weighted by Gasteiger charge is -2.24. The number of rotatable bonds is 2. The summed E-state index contributed by atoms with van der Waals surface area (Å²) in [7, 11) is 0. The van der Waals surface area contributed by atoms with Crippen molar-refractivity contribution in [1.82, 2.24) is 0 Å². The monoisotopic (exact) mass is 270 g/mol. The molecule has 0 aromatic heterocycles. The smallest absolute Gasteiger partial charge is 0.165 e. The average molecular weight is 270 g/mol. The Labute approximate surface area is 119 Å². The van der Waals surface area contributed by atoms with Gasteiger partial charge in [-0.1, -0.05) is 47.2 Å². The molecule has 0 heterocycles. The maximum atomic E-state index is 8.17. The first-order valence-corrected chi connectivity index (χ1v) is 7.40. The Morgan fingerprint density at radius 1 is 0.842 bits per heavy atom. The molecule has 0 spiro atoms. The number of hydrogen-bond acceptors (Lipinski definition) is 2. The first kappa shape index (κ1) is 13.7. The van der Waals surface area contributed by atoms with Crippen LogP contribution in [0.15, 0.2) is 48.5 Å². The Kier molecular flexibility index (Phi) is 4.27. The molecule has 3 heteroatoms. The van der Waals surface area contributed by atoms with E-state index in [0.717, 1.165) is 11.4 Å². The van der Waals surface area contributed by atoms with E-state index in [1.165, 1.54) is 22.9 Å². The molecule has 2 aromatic rings. The second kappa shape index (κ2) is 5.93. The van der Waals surface area contributed by atoms with E-state index in [0.29, 0.717) is 5.17 Å². The third-order valence-electron chi connectivity index (χ3n) is 2.98. The van der Waals surface area contributed by atoms with Crippen molar-refractivity contribution in [3.63, 3.8) is 0 Å². The predicted octanol–water partition coefficient (Wildman–Crippen LogP) is 4.74. The standard InChI is InChI=1S/C16H18N2S/c1-12-4-8-14(9-5-12)18(16(17)19-3)15-10-6-13(2)7-11-15/h4-11,17H,1-3H3. The SMILES string of the molecule is CSC(=N)N(c1ccc(C)cc1)c1ccc(C)cc1. The van der Waals surface area contributed by atoms with Crippen LogP contribution in [0.4, 0.5) is 11.4 Å². The maximum absolute atomic E-state index is 8.17. The summed E-state index contributed by atoms with van der Waals surface area (Å²) in [5, 5.41) is 8.69. The molecule has 0 radical (unpaired) electrons. The summed E-state index contributed by atoms with van der Waals surface area (Å²) in [4.78, 5) is 1.96. The molecular weight excluding hydrogens is 252 g/mol. The Hall–Kier alpha value is -1.74. The van der Waals surface area contributed by atoms with Crippen molar-refractivity contribution < 1.29 is 0 Å². The minimum Gasteiger partial charge on any atom is -0.290 e. The first-order valence-electron chi connectivity index (χ1n) is 6.18. The quantitative estimate of drug-likeness (QED) is 0.630. The molecule has 0 amide bonds. The molecular formula is C16H18N2S. The highest BCUT2D eigenvalue weighted by atomic mass is 32.2. The minimum atomic E-state index is 0.521. The molecule has 0 saturated heterocycles. The van der Waals surface area contributed by atoms with Gasteiger partial charge in [0.25, 0.3) is 0 Å². The number of benzene rings is 2. The number of nitrogens with one attached hydrogen (secondary N) is 1. The summed E-state index contributed by atoms with van der Waals surface area (Å²) in [5.74, 6) is 0. The van der Waals surface area contributed by atoms with Crippen molar-refractivity contribution in [3.05, 3.63) is 59.7 Å². The van der Waals surface area contributed by atoms with Gasteiger partial charge < -0.3 is 0 Å². The van der Waals surface area contributed by atoms with E-state index < -0.39 is 0 Å². The maximum Gasteiger partial charge on any atom is 0.165 e. The normalized spacial score (nSPS) is 10.3. The van der Waals surface area contributed by atoms with Crippen LogP contribution in [-0.2, 0) is 0 Å². The van der Waals surface area contributed by atoms with Crippen LogP contribution in [0.3, 0.4) is 0 Å². The molecule has 2 rings (SSSR count). The molecule has 1 N–H and O–H groups in total. The zero-order valence-electron chi connectivity index (χ0n) is 11.5. The van der Waals surface area contributed by atoms with E-state index in [1.54, 1.807) is 0 Å². The highest BCUT2D eigenvalue weighted by molar-refractivity contribution is 8.13. The fraction of sp³-hybridized carbons (Fsp3) is 0.188. The second-order valence-electron chi connectivity index (χ2n) is 4.52. The van der Waals surface area contributed by atoms with Crippen LogP contribution < -0.4 is 4.90 Å². The molecule has 0 fully saturated rings. The number of hydrogen-bond donors (Lipinski definition) is 1. The topological polar surface area (TPSA) is 27.1 Å². The number of thioether (sulfide) groups is 1. The van der Waals surface area contributed by atoms with E-state index in [4.69, 9.17) is 5.41 Å². The van der Waals surface area contributed by atoms with Crippen molar-refractivity contribution >= 4 is 28.3 Å². The van der Waals surface area contributed by atoms with Crippen LogP contribution in [-0.4, -0.2) is 11.4 Å². The van der Waals surface area contributed by atoms with Crippen molar-refractivity contribution in [3.8, 4) is 0 Å². The van der Waals surface area contributed by atoms with Crippen LogP contribution in [0.5, 0.6) is 0 Å². The summed E-state index contributed by atoms with van der Waals surface area (Å²) < 4.78 is 0. The molecule has 98 valence electrons. The van der Waals surface area contributed by atoms with Gasteiger partial charge in [0.1, 0.15) is 0 Å². The van der Waals surface area contributed by atoms with Gasteiger partial charge in [-0.2, -0.15) is 0 Å². The summed E-state index contributed by atoms with van der Waals surface area (Å²) in [6.45, 7) is 4.14. The molecule has 2 aromatic carbocycles. The molecule has 19 heavy (non-hydrogen) atoms. The molecule has 0 bridgehead atoms. The second-order valence-corrected chi connectivity index (χ2v) is 5.31. The Morgan fingerprint density at radius 2 is 1.21 bits per heavy atom. The Bertz CT molecular complexity index is 513. The molecule has 0 unspecified atom stereocenters. The molecule has 0 aliphatic heterocycles. The Balaban J connectivity index is 2.44. The molecule has 2 nitrogen and oxygen atoms in total. The lowest BCUT2D eigenvalue weighted by atomic mass is 10.2. The number of aryl methyl sites for hydroxylation is 2. The molecule has 0 aliphatic rings. The van der Waals surface area contributed by atoms with Gasteiger partial charge in [-0.25, -0.2) is 0 Å². The number of nitrogens with zero attached hydrogens (tertiary/aromatic N) is 1. The number of anilines is 2. The van der Waals surface area contributed by atoms with Crippen molar-refractivity contribution in [2.45, 2.75) is 13.8 Å². The van der Waals surface area contributed by atoms with Gasteiger partial charge in [0.2, 0.25) is 0 Å². The third-order valence-corrected chi connectivity index (χ3v) is 3.55. The van der Waals surface area contributed by atoms with Crippen LogP contribution in [0.2, 0.25) is 0 Å². The van der Waals surface area contributed by atoms with E-state index in [-0.39, 0.29) is 0 Å². The third kappa shape index (κ3) is 3.18. The summed E-state index contributed by atoms with van der Waals surface area (Å²) >= 11 is 1.44.